The Bertz CT molecular complexity index is 1360. The number of hydrogen-bond acceptors (Lipinski definition) is 0. The minimum atomic E-state index is 0.479. The summed E-state index contributed by atoms with van der Waals surface area (Å²) in [6.45, 7) is 6.93. The fourth-order valence-electron chi connectivity index (χ4n) is 6.99. The topological polar surface area (TPSA) is 3.88 Å². The summed E-state index contributed by atoms with van der Waals surface area (Å²) in [6, 6.07) is 25.3. The molecule has 2 bridgehead atoms. The second kappa shape index (κ2) is 8.38. The molecule has 0 radical (unpaired) electrons. The lowest BCUT2D eigenvalue weighted by Crippen LogP contribution is -2.31. The monoisotopic (exact) mass is 446 g/mol. The van der Waals surface area contributed by atoms with Crippen LogP contribution in [0.3, 0.4) is 0 Å². The number of pyridine rings is 1. The van der Waals surface area contributed by atoms with Gasteiger partial charge in [0.25, 0.3) is 0 Å². The summed E-state index contributed by atoms with van der Waals surface area (Å²) in [5.74, 6) is 3.15. The number of benzene rings is 3. The molecule has 0 N–H and O–H groups in total. The second-order valence-corrected chi connectivity index (χ2v) is 11.2. The molecule has 2 aliphatic carbocycles. The van der Waals surface area contributed by atoms with Crippen LogP contribution in [0.25, 0.3) is 33.2 Å². The Morgan fingerprint density at radius 1 is 0.853 bits per heavy atom. The molecule has 1 aromatic heterocycles. The van der Waals surface area contributed by atoms with Crippen molar-refractivity contribution in [3.8, 4) is 22.4 Å². The van der Waals surface area contributed by atoms with Gasteiger partial charge in [-0.3, -0.25) is 0 Å². The molecule has 0 aliphatic heterocycles. The van der Waals surface area contributed by atoms with Crippen LogP contribution in [0.2, 0.25) is 0 Å². The van der Waals surface area contributed by atoms with E-state index in [2.05, 4.69) is 105 Å². The second-order valence-electron chi connectivity index (χ2n) is 11.2. The van der Waals surface area contributed by atoms with Gasteiger partial charge in [-0.1, -0.05) is 68.8 Å². The molecule has 2 fully saturated rings. The number of nitrogens with zero attached hydrogens (tertiary/aromatic N) is 1. The zero-order chi connectivity index (χ0) is 23.4. The van der Waals surface area contributed by atoms with Crippen LogP contribution in [-0.2, 0) is 7.05 Å². The Kier molecular flexibility index (Phi) is 5.32. The van der Waals surface area contributed by atoms with Crippen molar-refractivity contribution in [1.82, 2.24) is 0 Å². The summed E-state index contributed by atoms with van der Waals surface area (Å²) in [7, 11) is 2.20. The molecule has 0 spiro atoms. The van der Waals surface area contributed by atoms with Crippen molar-refractivity contribution >= 4 is 10.8 Å². The zero-order valence-corrected chi connectivity index (χ0v) is 21.0. The van der Waals surface area contributed by atoms with Gasteiger partial charge in [0.05, 0.1) is 10.9 Å². The molecule has 3 aromatic carbocycles. The Balaban J connectivity index is 1.53. The predicted octanol–water partition coefficient (Wildman–Crippen LogP) is 8.33. The van der Waals surface area contributed by atoms with Gasteiger partial charge in [0, 0.05) is 6.07 Å². The Morgan fingerprint density at radius 2 is 1.68 bits per heavy atom. The van der Waals surface area contributed by atoms with E-state index in [1.807, 2.05) is 0 Å². The maximum atomic E-state index is 2.50. The smallest absolute Gasteiger partial charge is 0.200 e. The summed E-state index contributed by atoms with van der Waals surface area (Å²) >= 11 is 0. The van der Waals surface area contributed by atoms with Gasteiger partial charge in [0.15, 0.2) is 6.20 Å². The first-order valence-electron chi connectivity index (χ1n) is 13.1. The Labute approximate surface area is 204 Å². The molecule has 2 saturated carbocycles. The van der Waals surface area contributed by atoms with Gasteiger partial charge >= 0.3 is 0 Å². The highest BCUT2D eigenvalue weighted by Gasteiger charge is 2.40. The predicted molar refractivity (Wildman–Crippen MR) is 143 cm³/mol. The minimum Gasteiger partial charge on any atom is -0.200 e. The zero-order valence-electron chi connectivity index (χ0n) is 21.0. The lowest BCUT2D eigenvalue weighted by molar-refractivity contribution is -0.659. The molecule has 2 aliphatic rings. The molecule has 3 unspecified atom stereocenters. The van der Waals surface area contributed by atoms with Gasteiger partial charge in [0.1, 0.15) is 7.05 Å². The summed E-state index contributed by atoms with van der Waals surface area (Å²) in [4.78, 5) is 0. The van der Waals surface area contributed by atoms with Crippen molar-refractivity contribution in [2.75, 3.05) is 0 Å². The molecule has 1 heterocycles. The van der Waals surface area contributed by atoms with Crippen LogP contribution in [0.15, 0.2) is 72.9 Å². The third-order valence-corrected chi connectivity index (χ3v) is 8.76. The average Bonchev–Trinajstić information content (AvgIpc) is 3.49. The first-order chi connectivity index (χ1) is 16.5. The molecule has 6 rings (SSSR count). The minimum absolute atomic E-state index is 0.479. The van der Waals surface area contributed by atoms with E-state index in [0.717, 1.165) is 17.8 Å². The number of hydrogen-bond donors (Lipinski definition) is 0. The average molecular weight is 447 g/mol. The van der Waals surface area contributed by atoms with Crippen LogP contribution in [0, 0.1) is 18.8 Å². The molecule has 4 aromatic rings. The van der Waals surface area contributed by atoms with E-state index in [-0.39, 0.29) is 0 Å². The highest BCUT2D eigenvalue weighted by Crippen LogP contribution is 2.53. The number of rotatable bonds is 4. The van der Waals surface area contributed by atoms with Gasteiger partial charge in [-0.25, -0.2) is 4.57 Å². The van der Waals surface area contributed by atoms with Crippen LogP contribution in [0.1, 0.15) is 68.1 Å². The number of aromatic nitrogens is 1. The largest absolute Gasteiger partial charge is 0.220 e. The van der Waals surface area contributed by atoms with Gasteiger partial charge in [-0.05, 0) is 95.2 Å². The summed E-state index contributed by atoms with van der Waals surface area (Å²) < 4.78 is 2.32. The highest BCUT2D eigenvalue weighted by atomic mass is 14.9. The van der Waals surface area contributed by atoms with Crippen molar-refractivity contribution in [2.45, 2.75) is 58.3 Å². The van der Waals surface area contributed by atoms with Gasteiger partial charge in [-0.15, -0.1) is 0 Å². The molecule has 1 nitrogen and oxygen atoms in total. The highest BCUT2D eigenvalue weighted by molar-refractivity contribution is 5.95. The van der Waals surface area contributed by atoms with E-state index in [9.17, 15) is 0 Å². The van der Waals surface area contributed by atoms with Crippen LogP contribution in [-0.4, -0.2) is 0 Å². The Hall–Kier alpha value is -2.93. The van der Waals surface area contributed by atoms with Crippen LogP contribution < -0.4 is 4.57 Å². The Morgan fingerprint density at radius 3 is 2.38 bits per heavy atom. The van der Waals surface area contributed by atoms with E-state index in [1.54, 1.807) is 5.56 Å². The van der Waals surface area contributed by atoms with Crippen molar-refractivity contribution in [3.63, 3.8) is 0 Å². The molecular weight excluding hydrogens is 410 g/mol. The molecular formula is C33H36N+. The van der Waals surface area contributed by atoms with Gasteiger partial charge in [0.2, 0.25) is 5.69 Å². The van der Waals surface area contributed by atoms with E-state index >= 15 is 0 Å². The van der Waals surface area contributed by atoms with E-state index < -0.39 is 0 Å². The van der Waals surface area contributed by atoms with Crippen LogP contribution in [0.5, 0.6) is 0 Å². The molecule has 1 heteroatoms. The fourth-order valence-corrected chi connectivity index (χ4v) is 6.99. The SMILES string of the molecule is Cc1c(-c2c3ccc(C4CC5CCC4C5)cc3cc[n+]2C)cc(-c2ccccc2)cc1C(C)C. The normalized spacial score (nSPS) is 21.6. The van der Waals surface area contributed by atoms with Crippen molar-refractivity contribution in [3.05, 3.63) is 89.6 Å². The van der Waals surface area contributed by atoms with Crippen LogP contribution >= 0.6 is 0 Å². The van der Waals surface area contributed by atoms with E-state index in [4.69, 9.17) is 0 Å². The first kappa shape index (κ1) is 21.6. The third-order valence-electron chi connectivity index (χ3n) is 8.76. The summed E-state index contributed by atoms with van der Waals surface area (Å²) in [5, 5.41) is 2.74. The third kappa shape index (κ3) is 3.57. The van der Waals surface area contributed by atoms with Crippen LogP contribution in [0.4, 0.5) is 0 Å². The van der Waals surface area contributed by atoms with E-state index in [1.165, 1.54) is 70.0 Å². The molecule has 172 valence electrons. The van der Waals surface area contributed by atoms with Gasteiger partial charge < -0.3 is 0 Å². The fraction of sp³-hybridized carbons (Fsp3) is 0.364. The molecule has 34 heavy (non-hydrogen) atoms. The molecule has 0 saturated heterocycles. The molecule has 3 atom stereocenters. The quantitative estimate of drug-likeness (QED) is 0.277. The number of aryl methyl sites for hydroxylation is 1. The van der Waals surface area contributed by atoms with E-state index in [0.29, 0.717) is 5.92 Å². The first-order valence-corrected chi connectivity index (χ1v) is 13.1. The maximum Gasteiger partial charge on any atom is 0.220 e. The summed E-state index contributed by atoms with van der Waals surface area (Å²) in [6.07, 6.45) is 8.02. The lowest BCUT2D eigenvalue weighted by Gasteiger charge is -2.22. The van der Waals surface area contributed by atoms with Crippen molar-refractivity contribution < 1.29 is 4.57 Å². The molecule has 0 amide bonds. The van der Waals surface area contributed by atoms with Crippen molar-refractivity contribution in [1.29, 1.82) is 0 Å². The van der Waals surface area contributed by atoms with Crippen molar-refractivity contribution in [2.24, 2.45) is 18.9 Å². The summed E-state index contributed by atoms with van der Waals surface area (Å²) in [5.41, 5.74) is 9.67. The standard InChI is InChI=1S/C33H36N/c1-21(2)30-19-28(24-8-6-5-7-9-24)20-31(22(30)3)33-29-13-12-26(18-27(29)14-15-34(33)4)32-17-23-10-11-25(32)16-23/h5-9,12-15,18-21,23,25,32H,10-11,16-17H2,1-4H3/q+1. The maximum absolute atomic E-state index is 2.50. The lowest BCUT2D eigenvalue weighted by atomic mass is 9.82. The van der Waals surface area contributed by atoms with Gasteiger partial charge in [-0.2, -0.15) is 0 Å². The number of fused-ring (bicyclic) bond motifs is 3.